The van der Waals surface area contributed by atoms with E-state index in [-0.39, 0.29) is 5.41 Å². The lowest BCUT2D eigenvalue weighted by Crippen LogP contribution is -2.58. The first-order valence-corrected chi connectivity index (χ1v) is 6.84. The topological polar surface area (TPSA) is 34.1 Å². The molecule has 0 bridgehead atoms. The standard InChI is InChI=1S/C14H21ClN2O/c1-5-18-12-8-11(14(12,3)4)17-10-6-7-13(15)16-9(10)2/h6-7,11-12,17H,5,8H2,1-4H3. The average Bonchev–Trinajstić information content (AvgIpc) is 2.30. The van der Waals surface area contributed by atoms with Crippen molar-refractivity contribution in [1.82, 2.24) is 4.98 Å². The molecule has 4 heteroatoms. The van der Waals surface area contributed by atoms with E-state index in [0.29, 0.717) is 17.3 Å². The van der Waals surface area contributed by atoms with E-state index in [1.807, 2.05) is 26.0 Å². The molecule has 1 N–H and O–H groups in total. The monoisotopic (exact) mass is 268 g/mol. The molecule has 0 spiro atoms. The third kappa shape index (κ3) is 2.47. The number of aromatic nitrogens is 1. The van der Waals surface area contributed by atoms with Crippen molar-refractivity contribution in [2.24, 2.45) is 5.41 Å². The zero-order valence-corrected chi connectivity index (χ0v) is 12.2. The van der Waals surface area contributed by atoms with Gasteiger partial charge in [-0.05, 0) is 32.4 Å². The van der Waals surface area contributed by atoms with Gasteiger partial charge in [0, 0.05) is 18.1 Å². The van der Waals surface area contributed by atoms with E-state index in [4.69, 9.17) is 16.3 Å². The van der Waals surface area contributed by atoms with E-state index in [1.165, 1.54) is 0 Å². The molecule has 1 aliphatic rings. The average molecular weight is 269 g/mol. The van der Waals surface area contributed by atoms with Gasteiger partial charge in [0.05, 0.1) is 17.5 Å². The number of hydrogen-bond donors (Lipinski definition) is 1. The highest BCUT2D eigenvalue weighted by Gasteiger charge is 2.48. The van der Waals surface area contributed by atoms with Crippen molar-refractivity contribution in [2.75, 3.05) is 11.9 Å². The summed E-state index contributed by atoms with van der Waals surface area (Å²) in [5.74, 6) is 0. The Balaban J connectivity index is 2.03. The zero-order valence-electron chi connectivity index (χ0n) is 11.5. The highest BCUT2D eigenvalue weighted by atomic mass is 35.5. The van der Waals surface area contributed by atoms with Gasteiger partial charge in [0.1, 0.15) is 5.15 Å². The molecule has 0 radical (unpaired) electrons. The van der Waals surface area contributed by atoms with Crippen LogP contribution in [-0.4, -0.2) is 23.7 Å². The van der Waals surface area contributed by atoms with Gasteiger partial charge < -0.3 is 10.1 Å². The minimum Gasteiger partial charge on any atom is -0.380 e. The highest BCUT2D eigenvalue weighted by Crippen LogP contribution is 2.44. The number of aryl methyl sites for hydroxylation is 1. The summed E-state index contributed by atoms with van der Waals surface area (Å²) in [6.07, 6.45) is 1.39. The zero-order chi connectivity index (χ0) is 13.3. The van der Waals surface area contributed by atoms with Gasteiger partial charge in [-0.15, -0.1) is 0 Å². The Morgan fingerprint density at radius 3 is 2.78 bits per heavy atom. The summed E-state index contributed by atoms with van der Waals surface area (Å²) in [6, 6.07) is 4.24. The van der Waals surface area contributed by atoms with Crippen LogP contribution in [0.1, 0.15) is 32.9 Å². The quantitative estimate of drug-likeness (QED) is 0.847. The summed E-state index contributed by atoms with van der Waals surface area (Å²) < 4.78 is 5.73. The van der Waals surface area contributed by atoms with Gasteiger partial charge in [-0.25, -0.2) is 4.98 Å². The van der Waals surface area contributed by atoms with E-state index < -0.39 is 0 Å². The molecule has 18 heavy (non-hydrogen) atoms. The lowest BCUT2D eigenvalue weighted by molar-refractivity contribution is -0.0976. The predicted molar refractivity (Wildman–Crippen MR) is 75.2 cm³/mol. The fraction of sp³-hybridized carbons (Fsp3) is 0.643. The minimum absolute atomic E-state index is 0.155. The molecular formula is C14H21ClN2O. The van der Waals surface area contributed by atoms with Crippen LogP contribution in [0.5, 0.6) is 0 Å². The fourth-order valence-corrected chi connectivity index (χ4v) is 2.67. The Bertz CT molecular complexity index is 434. The Morgan fingerprint density at radius 2 is 2.22 bits per heavy atom. The molecule has 0 aromatic carbocycles. The van der Waals surface area contributed by atoms with E-state index in [9.17, 15) is 0 Å². The SMILES string of the molecule is CCOC1CC(Nc2ccc(Cl)nc2C)C1(C)C. The number of nitrogens with one attached hydrogen (secondary N) is 1. The first kappa shape index (κ1) is 13.6. The number of anilines is 1. The Kier molecular flexibility index (Phi) is 3.83. The van der Waals surface area contributed by atoms with Gasteiger partial charge >= 0.3 is 0 Å². The number of halogens is 1. The van der Waals surface area contributed by atoms with Gasteiger partial charge in [-0.3, -0.25) is 0 Å². The maximum absolute atomic E-state index is 5.86. The van der Waals surface area contributed by atoms with E-state index >= 15 is 0 Å². The van der Waals surface area contributed by atoms with Gasteiger partial charge in [0.25, 0.3) is 0 Å². The molecule has 0 amide bonds. The minimum atomic E-state index is 0.155. The summed E-state index contributed by atoms with van der Waals surface area (Å²) in [7, 11) is 0. The van der Waals surface area contributed by atoms with Crippen molar-refractivity contribution in [3.63, 3.8) is 0 Å². The van der Waals surface area contributed by atoms with Crippen LogP contribution in [0.2, 0.25) is 5.15 Å². The van der Waals surface area contributed by atoms with Crippen LogP contribution in [0.15, 0.2) is 12.1 Å². The fourth-order valence-electron chi connectivity index (χ4n) is 2.49. The maximum Gasteiger partial charge on any atom is 0.129 e. The van der Waals surface area contributed by atoms with Crippen molar-refractivity contribution < 1.29 is 4.74 Å². The molecule has 1 aliphatic carbocycles. The van der Waals surface area contributed by atoms with Crippen LogP contribution in [0.3, 0.4) is 0 Å². The summed E-state index contributed by atoms with van der Waals surface area (Å²) in [5.41, 5.74) is 2.16. The van der Waals surface area contributed by atoms with Crippen LogP contribution < -0.4 is 5.32 Å². The predicted octanol–water partition coefficient (Wildman–Crippen LogP) is 3.66. The van der Waals surface area contributed by atoms with E-state index in [2.05, 4.69) is 24.1 Å². The third-order valence-electron chi connectivity index (χ3n) is 3.93. The normalized spacial score (nSPS) is 25.6. The largest absolute Gasteiger partial charge is 0.380 e. The van der Waals surface area contributed by atoms with Crippen molar-refractivity contribution in [3.05, 3.63) is 23.0 Å². The molecular weight excluding hydrogens is 248 g/mol. The molecule has 1 aromatic rings. The second-order valence-electron chi connectivity index (χ2n) is 5.46. The number of ether oxygens (including phenoxy) is 1. The van der Waals surface area contributed by atoms with E-state index in [1.54, 1.807) is 0 Å². The third-order valence-corrected chi connectivity index (χ3v) is 4.14. The summed E-state index contributed by atoms with van der Waals surface area (Å²) in [5, 5.41) is 4.09. The molecule has 0 saturated heterocycles. The van der Waals surface area contributed by atoms with Gasteiger partial charge in [0.2, 0.25) is 0 Å². The lowest BCUT2D eigenvalue weighted by atomic mass is 9.64. The van der Waals surface area contributed by atoms with Crippen LogP contribution >= 0.6 is 11.6 Å². The molecule has 2 unspecified atom stereocenters. The molecule has 100 valence electrons. The number of pyridine rings is 1. The van der Waals surface area contributed by atoms with Crippen LogP contribution in [0, 0.1) is 12.3 Å². The highest BCUT2D eigenvalue weighted by molar-refractivity contribution is 6.29. The smallest absolute Gasteiger partial charge is 0.129 e. The maximum atomic E-state index is 5.86. The summed E-state index contributed by atoms with van der Waals surface area (Å²) in [6.45, 7) is 9.28. The Hall–Kier alpha value is -0.800. The number of hydrogen-bond acceptors (Lipinski definition) is 3. The number of nitrogens with zero attached hydrogens (tertiary/aromatic N) is 1. The van der Waals surface area contributed by atoms with Crippen LogP contribution in [0.4, 0.5) is 5.69 Å². The molecule has 3 nitrogen and oxygen atoms in total. The van der Waals surface area contributed by atoms with Crippen LogP contribution in [0.25, 0.3) is 0 Å². The molecule has 1 fully saturated rings. The lowest BCUT2D eigenvalue weighted by Gasteiger charge is -2.52. The molecule has 2 atom stereocenters. The molecule has 1 heterocycles. The summed E-state index contributed by atoms with van der Waals surface area (Å²) >= 11 is 5.86. The molecule has 1 saturated carbocycles. The van der Waals surface area contributed by atoms with Crippen LogP contribution in [-0.2, 0) is 4.74 Å². The second kappa shape index (κ2) is 5.06. The first-order valence-electron chi connectivity index (χ1n) is 6.46. The second-order valence-corrected chi connectivity index (χ2v) is 5.85. The van der Waals surface area contributed by atoms with Crippen molar-refractivity contribution in [2.45, 2.75) is 46.3 Å². The van der Waals surface area contributed by atoms with Crippen molar-refractivity contribution >= 4 is 17.3 Å². The Labute approximate surface area is 114 Å². The van der Waals surface area contributed by atoms with Gasteiger partial charge in [-0.1, -0.05) is 25.4 Å². The van der Waals surface area contributed by atoms with E-state index in [0.717, 1.165) is 24.4 Å². The van der Waals surface area contributed by atoms with Gasteiger partial charge in [0.15, 0.2) is 0 Å². The number of rotatable bonds is 4. The Morgan fingerprint density at radius 1 is 1.50 bits per heavy atom. The summed E-state index contributed by atoms with van der Waals surface area (Å²) in [4.78, 5) is 4.26. The van der Waals surface area contributed by atoms with Gasteiger partial charge in [-0.2, -0.15) is 0 Å². The molecule has 1 aromatic heterocycles. The molecule has 0 aliphatic heterocycles. The first-order chi connectivity index (χ1) is 8.45. The van der Waals surface area contributed by atoms with Crippen molar-refractivity contribution in [3.8, 4) is 0 Å². The van der Waals surface area contributed by atoms with Crippen molar-refractivity contribution in [1.29, 1.82) is 0 Å². The molecule has 2 rings (SSSR count).